The Labute approximate surface area is 199 Å². The minimum atomic E-state index is -3.80. The number of aromatic nitrogens is 2. The molecule has 1 aromatic heterocycles. The number of fused-ring (bicyclic) bond motifs is 1. The summed E-state index contributed by atoms with van der Waals surface area (Å²) in [5.41, 5.74) is 3.57. The first kappa shape index (κ1) is 23.7. The lowest BCUT2D eigenvalue weighted by molar-refractivity contribution is 0.0937. The van der Waals surface area contributed by atoms with Crippen LogP contribution in [0.15, 0.2) is 77.7 Å². The van der Waals surface area contributed by atoms with E-state index in [0.717, 1.165) is 29.0 Å². The van der Waals surface area contributed by atoms with Crippen molar-refractivity contribution in [1.82, 2.24) is 19.6 Å². The van der Waals surface area contributed by atoms with Gasteiger partial charge in [0, 0.05) is 18.7 Å². The van der Waals surface area contributed by atoms with Gasteiger partial charge in [-0.3, -0.25) is 4.79 Å². The molecule has 0 radical (unpaired) electrons. The standard InChI is InChI=1S/C26H28N4O3S/c1-4-30-23-13-9-8-12-22(23)29-25(30)19(3)28-26(31)21-15-14-18(2)24(16-21)34(32,33)27-17-20-10-6-5-7-11-20/h5-16,19,27H,4,17H2,1-3H3,(H,28,31). The van der Waals surface area contributed by atoms with E-state index in [1.807, 2.05) is 68.4 Å². The molecule has 34 heavy (non-hydrogen) atoms. The SMILES string of the molecule is CCn1c(C(C)NC(=O)c2ccc(C)c(S(=O)(=O)NCc3ccccc3)c2)nc2ccccc21. The molecule has 4 rings (SSSR count). The summed E-state index contributed by atoms with van der Waals surface area (Å²) in [5, 5.41) is 2.97. The van der Waals surface area contributed by atoms with Crippen LogP contribution in [-0.4, -0.2) is 23.9 Å². The summed E-state index contributed by atoms with van der Waals surface area (Å²) in [6, 6.07) is 21.5. The molecule has 0 saturated heterocycles. The van der Waals surface area contributed by atoms with Crippen molar-refractivity contribution < 1.29 is 13.2 Å². The largest absolute Gasteiger partial charge is 0.342 e. The highest BCUT2D eigenvalue weighted by Gasteiger charge is 2.22. The highest BCUT2D eigenvalue weighted by Crippen LogP contribution is 2.22. The molecule has 0 saturated carbocycles. The molecule has 0 aliphatic rings. The Hall–Kier alpha value is -3.49. The number of nitrogens with one attached hydrogen (secondary N) is 2. The van der Waals surface area contributed by atoms with Crippen molar-refractivity contribution in [2.75, 3.05) is 0 Å². The number of amides is 1. The van der Waals surface area contributed by atoms with Gasteiger partial charge >= 0.3 is 0 Å². The molecule has 1 heterocycles. The molecule has 7 nitrogen and oxygen atoms in total. The van der Waals surface area contributed by atoms with Crippen LogP contribution in [0.3, 0.4) is 0 Å². The molecule has 3 aromatic carbocycles. The lowest BCUT2D eigenvalue weighted by Gasteiger charge is -2.16. The Bertz CT molecular complexity index is 1430. The first-order valence-electron chi connectivity index (χ1n) is 11.2. The minimum Gasteiger partial charge on any atom is -0.342 e. The summed E-state index contributed by atoms with van der Waals surface area (Å²) in [5.74, 6) is 0.392. The third-order valence-corrected chi connectivity index (χ3v) is 7.33. The van der Waals surface area contributed by atoms with E-state index in [9.17, 15) is 13.2 Å². The number of benzene rings is 3. The van der Waals surface area contributed by atoms with Crippen LogP contribution in [0.25, 0.3) is 11.0 Å². The van der Waals surface area contributed by atoms with Crippen molar-refractivity contribution in [3.8, 4) is 0 Å². The highest BCUT2D eigenvalue weighted by atomic mass is 32.2. The summed E-state index contributed by atoms with van der Waals surface area (Å²) in [4.78, 5) is 17.8. The predicted octanol–water partition coefficient (Wildman–Crippen LogP) is 4.33. The van der Waals surface area contributed by atoms with Crippen molar-refractivity contribution in [2.24, 2.45) is 0 Å². The van der Waals surface area contributed by atoms with E-state index in [4.69, 9.17) is 4.98 Å². The first-order chi connectivity index (χ1) is 16.3. The van der Waals surface area contributed by atoms with Crippen molar-refractivity contribution in [3.63, 3.8) is 0 Å². The number of nitrogens with zero attached hydrogens (tertiary/aromatic N) is 2. The van der Waals surface area contributed by atoms with Crippen molar-refractivity contribution >= 4 is 27.0 Å². The van der Waals surface area contributed by atoms with Crippen LogP contribution in [0.2, 0.25) is 0 Å². The number of rotatable bonds is 8. The zero-order valence-corrected chi connectivity index (χ0v) is 20.3. The van der Waals surface area contributed by atoms with Gasteiger partial charge in [0.2, 0.25) is 10.0 Å². The fourth-order valence-electron chi connectivity index (χ4n) is 3.98. The second-order valence-electron chi connectivity index (χ2n) is 8.19. The van der Waals surface area contributed by atoms with Crippen molar-refractivity contribution in [3.05, 3.63) is 95.3 Å². The van der Waals surface area contributed by atoms with Gasteiger partial charge < -0.3 is 9.88 Å². The lowest BCUT2D eigenvalue weighted by atomic mass is 10.1. The van der Waals surface area contributed by atoms with Gasteiger partial charge in [-0.1, -0.05) is 48.5 Å². The van der Waals surface area contributed by atoms with E-state index in [1.54, 1.807) is 19.1 Å². The van der Waals surface area contributed by atoms with E-state index >= 15 is 0 Å². The molecule has 2 N–H and O–H groups in total. The maximum atomic E-state index is 13.0. The molecular formula is C26H28N4O3S. The number of aryl methyl sites for hydroxylation is 2. The maximum absolute atomic E-state index is 13.0. The van der Waals surface area contributed by atoms with E-state index < -0.39 is 10.0 Å². The van der Waals surface area contributed by atoms with Crippen LogP contribution in [0, 0.1) is 6.92 Å². The van der Waals surface area contributed by atoms with Crippen molar-refractivity contribution in [1.29, 1.82) is 0 Å². The van der Waals surface area contributed by atoms with Gasteiger partial charge in [-0.15, -0.1) is 0 Å². The molecule has 0 fully saturated rings. The van der Waals surface area contributed by atoms with Crippen LogP contribution >= 0.6 is 0 Å². The van der Waals surface area contributed by atoms with Gasteiger partial charge in [0.05, 0.1) is 22.0 Å². The molecule has 0 aliphatic heterocycles. The van der Waals surface area contributed by atoms with E-state index in [0.29, 0.717) is 5.56 Å². The molecule has 4 aromatic rings. The average molecular weight is 477 g/mol. The highest BCUT2D eigenvalue weighted by molar-refractivity contribution is 7.89. The number of hydrogen-bond acceptors (Lipinski definition) is 4. The summed E-state index contributed by atoms with van der Waals surface area (Å²) in [6.07, 6.45) is 0. The topological polar surface area (TPSA) is 93.1 Å². The smallest absolute Gasteiger partial charge is 0.251 e. The fourth-order valence-corrected chi connectivity index (χ4v) is 5.27. The van der Waals surface area contributed by atoms with Crippen LogP contribution < -0.4 is 10.0 Å². The Morgan fingerprint density at radius 2 is 1.74 bits per heavy atom. The minimum absolute atomic E-state index is 0.0875. The molecular weight excluding hydrogens is 448 g/mol. The first-order valence-corrected chi connectivity index (χ1v) is 12.7. The van der Waals surface area contributed by atoms with Gasteiger partial charge in [0.25, 0.3) is 5.91 Å². The predicted molar refractivity (Wildman–Crippen MR) is 133 cm³/mol. The molecule has 0 bridgehead atoms. The van der Waals surface area contributed by atoms with Gasteiger partial charge in [-0.25, -0.2) is 18.1 Å². The Balaban J connectivity index is 1.55. The van der Waals surface area contributed by atoms with E-state index in [1.165, 1.54) is 6.07 Å². The second-order valence-corrected chi connectivity index (χ2v) is 9.92. The van der Waals surface area contributed by atoms with E-state index in [-0.39, 0.29) is 29.0 Å². The molecule has 1 atom stereocenters. The summed E-state index contributed by atoms with van der Waals surface area (Å²) < 4.78 is 30.6. The van der Waals surface area contributed by atoms with Gasteiger partial charge in [-0.05, 0) is 56.2 Å². The van der Waals surface area contributed by atoms with Crippen molar-refractivity contribution in [2.45, 2.75) is 44.8 Å². The summed E-state index contributed by atoms with van der Waals surface area (Å²) in [6.45, 7) is 6.51. The number of hydrogen-bond donors (Lipinski definition) is 2. The number of carbonyl (C=O) groups is 1. The fraction of sp³-hybridized carbons (Fsp3) is 0.231. The molecule has 0 aliphatic carbocycles. The normalized spacial score (nSPS) is 12.6. The summed E-state index contributed by atoms with van der Waals surface area (Å²) >= 11 is 0. The second kappa shape index (κ2) is 9.79. The monoisotopic (exact) mass is 476 g/mol. The third-order valence-electron chi connectivity index (χ3n) is 5.78. The number of imidazole rings is 1. The zero-order chi connectivity index (χ0) is 24.3. The van der Waals surface area contributed by atoms with Gasteiger partial charge in [-0.2, -0.15) is 0 Å². The van der Waals surface area contributed by atoms with Crippen LogP contribution in [-0.2, 0) is 23.1 Å². The van der Waals surface area contributed by atoms with Gasteiger partial charge in [0.1, 0.15) is 5.82 Å². The third kappa shape index (κ3) is 4.88. The number of sulfonamides is 1. The summed E-state index contributed by atoms with van der Waals surface area (Å²) in [7, 11) is -3.80. The molecule has 8 heteroatoms. The molecule has 1 unspecified atom stereocenters. The average Bonchev–Trinajstić information content (AvgIpc) is 3.22. The van der Waals surface area contributed by atoms with Crippen LogP contribution in [0.4, 0.5) is 0 Å². The van der Waals surface area contributed by atoms with Crippen LogP contribution in [0.1, 0.15) is 47.2 Å². The molecule has 0 spiro atoms. The number of para-hydroxylation sites is 2. The van der Waals surface area contributed by atoms with E-state index in [2.05, 4.69) is 14.6 Å². The lowest BCUT2D eigenvalue weighted by Crippen LogP contribution is -2.29. The van der Waals surface area contributed by atoms with Crippen LogP contribution in [0.5, 0.6) is 0 Å². The Kier molecular flexibility index (Phi) is 6.81. The Morgan fingerprint density at radius 1 is 1.03 bits per heavy atom. The molecule has 176 valence electrons. The zero-order valence-electron chi connectivity index (χ0n) is 19.4. The quantitative estimate of drug-likeness (QED) is 0.396. The van der Waals surface area contributed by atoms with Gasteiger partial charge in [0.15, 0.2) is 0 Å². The molecule has 1 amide bonds. The Morgan fingerprint density at radius 3 is 2.47 bits per heavy atom. The number of carbonyl (C=O) groups excluding carboxylic acids is 1. The maximum Gasteiger partial charge on any atom is 0.251 e.